The maximum absolute atomic E-state index is 13.3. The molecule has 0 aliphatic heterocycles. The summed E-state index contributed by atoms with van der Waals surface area (Å²) in [6, 6.07) is 18.8. The fourth-order valence-electron chi connectivity index (χ4n) is 2.72. The molecular weight excluding hydrogens is 285 g/mol. The van der Waals surface area contributed by atoms with Gasteiger partial charge in [-0.2, -0.15) is 0 Å². The van der Waals surface area contributed by atoms with Gasteiger partial charge in [-0.1, -0.05) is 60.1 Å². The highest BCUT2D eigenvalue weighted by molar-refractivity contribution is 6.31. The Morgan fingerprint density at radius 3 is 2.48 bits per heavy atom. The minimum absolute atomic E-state index is 0.0794. The fourth-order valence-corrected chi connectivity index (χ4v) is 2.99. The average molecular weight is 300 g/mol. The Bertz CT molecular complexity index is 780. The van der Waals surface area contributed by atoms with E-state index in [-0.39, 0.29) is 11.9 Å². The molecule has 0 heterocycles. The van der Waals surface area contributed by atoms with Crippen molar-refractivity contribution < 1.29 is 4.39 Å². The first-order chi connectivity index (χ1) is 10.2. The summed E-state index contributed by atoms with van der Waals surface area (Å²) in [6.07, 6.45) is 0. The van der Waals surface area contributed by atoms with E-state index in [1.165, 1.54) is 22.9 Å². The quantitative estimate of drug-likeness (QED) is 0.722. The van der Waals surface area contributed by atoms with E-state index in [1.807, 2.05) is 25.2 Å². The molecule has 0 saturated carbocycles. The standard InChI is InChI=1S/C18H15ClFN/c1-21-18(16-10-9-13(20)11-17(16)19)15-8-4-6-12-5-2-3-7-14(12)15/h2-11,18,21H,1H3. The number of hydrogen-bond donors (Lipinski definition) is 1. The molecule has 1 unspecified atom stereocenters. The zero-order valence-corrected chi connectivity index (χ0v) is 12.4. The van der Waals surface area contributed by atoms with Gasteiger partial charge in [-0.25, -0.2) is 4.39 Å². The summed E-state index contributed by atoms with van der Waals surface area (Å²) in [5.41, 5.74) is 2.00. The van der Waals surface area contributed by atoms with Gasteiger partial charge in [-0.05, 0) is 41.1 Å². The van der Waals surface area contributed by atoms with E-state index >= 15 is 0 Å². The topological polar surface area (TPSA) is 12.0 Å². The molecule has 0 aromatic heterocycles. The maximum Gasteiger partial charge on any atom is 0.124 e. The summed E-state index contributed by atoms with van der Waals surface area (Å²) < 4.78 is 13.3. The molecule has 0 bridgehead atoms. The highest BCUT2D eigenvalue weighted by atomic mass is 35.5. The fraction of sp³-hybridized carbons (Fsp3) is 0.111. The number of benzene rings is 3. The number of hydrogen-bond acceptors (Lipinski definition) is 1. The molecule has 1 atom stereocenters. The molecule has 21 heavy (non-hydrogen) atoms. The van der Waals surface area contributed by atoms with Gasteiger partial charge < -0.3 is 5.32 Å². The van der Waals surface area contributed by atoms with Gasteiger partial charge in [0.05, 0.1) is 6.04 Å². The van der Waals surface area contributed by atoms with Crippen molar-refractivity contribution in [3.05, 3.63) is 82.6 Å². The van der Waals surface area contributed by atoms with Crippen LogP contribution in [-0.2, 0) is 0 Å². The molecule has 0 aliphatic rings. The normalized spacial score (nSPS) is 12.5. The summed E-state index contributed by atoms with van der Waals surface area (Å²) in [6.45, 7) is 0. The van der Waals surface area contributed by atoms with E-state index < -0.39 is 0 Å². The molecule has 0 amide bonds. The summed E-state index contributed by atoms with van der Waals surface area (Å²) >= 11 is 6.22. The third kappa shape index (κ3) is 2.65. The minimum atomic E-state index is -0.323. The lowest BCUT2D eigenvalue weighted by atomic mass is 9.94. The van der Waals surface area contributed by atoms with Crippen LogP contribution in [0.2, 0.25) is 5.02 Å². The monoisotopic (exact) mass is 299 g/mol. The Kier molecular flexibility index (Phi) is 3.91. The molecule has 0 fully saturated rings. The molecule has 1 N–H and O–H groups in total. The van der Waals surface area contributed by atoms with Crippen molar-refractivity contribution in [1.29, 1.82) is 0 Å². The lowest BCUT2D eigenvalue weighted by Crippen LogP contribution is -2.18. The predicted octanol–water partition coefficient (Wildman–Crippen LogP) is 4.94. The van der Waals surface area contributed by atoms with Crippen molar-refractivity contribution in [3.8, 4) is 0 Å². The number of fused-ring (bicyclic) bond motifs is 1. The molecule has 106 valence electrons. The smallest absolute Gasteiger partial charge is 0.124 e. The van der Waals surface area contributed by atoms with Crippen molar-refractivity contribution >= 4 is 22.4 Å². The Morgan fingerprint density at radius 2 is 1.71 bits per heavy atom. The first-order valence-electron chi connectivity index (χ1n) is 6.80. The van der Waals surface area contributed by atoms with Crippen LogP contribution in [0.15, 0.2) is 60.7 Å². The number of halogens is 2. The van der Waals surface area contributed by atoms with Crippen LogP contribution in [0.3, 0.4) is 0 Å². The van der Waals surface area contributed by atoms with Crippen molar-refractivity contribution in [1.82, 2.24) is 5.32 Å². The van der Waals surface area contributed by atoms with E-state index in [2.05, 4.69) is 29.6 Å². The molecule has 3 aromatic rings. The second-order valence-corrected chi connectivity index (χ2v) is 5.36. The molecule has 0 saturated heterocycles. The largest absolute Gasteiger partial charge is 0.309 e. The van der Waals surface area contributed by atoms with Gasteiger partial charge in [0.1, 0.15) is 5.82 Å². The van der Waals surface area contributed by atoms with Crippen LogP contribution in [0.25, 0.3) is 10.8 Å². The van der Waals surface area contributed by atoms with E-state index in [9.17, 15) is 4.39 Å². The second-order valence-electron chi connectivity index (χ2n) is 4.96. The van der Waals surface area contributed by atoms with Crippen LogP contribution in [0.4, 0.5) is 4.39 Å². The molecule has 0 aliphatic carbocycles. The molecular formula is C18H15ClFN. The van der Waals surface area contributed by atoms with Crippen LogP contribution in [0, 0.1) is 5.82 Å². The van der Waals surface area contributed by atoms with Gasteiger partial charge in [0.15, 0.2) is 0 Å². The molecule has 3 rings (SSSR count). The van der Waals surface area contributed by atoms with Crippen LogP contribution in [0.5, 0.6) is 0 Å². The summed E-state index contributed by atoms with van der Waals surface area (Å²) in [4.78, 5) is 0. The zero-order valence-electron chi connectivity index (χ0n) is 11.6. The SMILES string of the molecule is CNC(c1ccc(F)cc1Cl)c1cccc2ccccc12. The highest BCUT2D eigenvalue weighted by Crippen LogP contribution is 2.32. The van der Waals surface area contributed by atoms with Crippen LogP contribution in [-0.4, -0.2) is 7.05 Å². The van der Waals surface area contributed by atoms with Crippen molar-refractivity contribution in [2.24, 2.45) is 0 Å². The highest BCUT2D eigenvalue weighted by Gasteiger charge is 2.17. The Labute approximate surface area is 128 Å². The van der Waals surface area contributed by atoms with E-state index in [1.54, 1.807) is 6.07 Å². The Balaban J connectivity index is 2.18. The Morgan fingerprint density at radius 1 is 0.952 bits per heavy atom. The van der Waals surface area contributed by atoms with Gasteiger partial charge in [0.2, 0.25) is 0 Å². The van der Waals surface area contributed by atoms with E-state index in [4.69, 9.17) is 11.6 Å². The molecule has 0 radical (unpaired) electrons. The third-order valence-corrected chi connectivity index (χ3v) is 4.02. The lowest BCUT2D eigenvalue weighted by Gasteiger charge is -2.20. The lowest BCUT2D eigenvalue weighted by molar-refractivity contribution is 0.624. The van der Waals surface area contributed by atoms with Crippen LogP contribution >= 0.6 is 11.6 Å². The first-order valence-corrected chi connectivity index (χ1v) is 7.18. The molecule has 1 nitrogen and oxygen atoms in total. The second kappa shape index (κ2) is 5.84. The Hall–Kier alpha value is -1.90. The average Bonchev–Trinajstić information content (AvgIpc) is 2.50. The predicted molar refractivity (Wildman–Crippen MR) is 86.3 cm³/mol. The zero-order chi connectivity index (χ0) is 14.8. The van der Waals surface area contributed by atoms with Gasteiger partial charge in [-0.15, -0.1) is 0 Å². The molecule has 3 aromatic carbocycles. The minimum Gasteiger partial charge on any atom is -0.309 e. The molecule has 3 heteroatoms. The molecule has 0 spiro atoms. The van der Waals surface area contributed by atoms with Gasteiger partial charge in [-0.3, -0.25) is 0 Å². The maximum atomic E-state index is 13.3. The van der Waals surface area contributed by atoms with Crippen molar-refractivity contribution in [2.75, 3.05) is 7.05 Å². The number of rotatable bonds is 3. The third-order valence-electron chi connectivity index (χ3n) is 3.70. The van der Waals surface area contributed by atoms with Gasteiger partial charge >= 0.3 is 0 Å². The van der Waals surface area contributed by atoms with Crippen molar-refractivity contribution in [2.45, 2.75) is 6.04 Å². The van der Waals surface area contributed by atoms with Gasteiger partial charge in [0.25, 0.3) is 0 Å². The summed E-state index contributed by atoms with van der Waals surface area (Å²) in [5.74, 6) is -0.323. The first kappa shape index (κ1) is 14.1. The van der Waals surface area contributed by atoms with Crippen molar-refractivity contribution in [3.63, 3.8) is 0 Å². The summed E-state index contributed by atoms with van der Waals surface area (Å²) in [5, 5.41) is 6.05. The van der Waals surface area contributed by atoms with E-state index in [0.717, 1.165) is 11.1 Å². The summed E-state index contributed by atoms with van der Waals surface area (Å²) in [7, 11) is 1.88. The number of nitrogens with one attached hydrogen (secondary N) is 1. The van der Waals surface area contributed by atoms with E-state index in [0.29, 0.717) is 5.02 Å². The van der Waals surface area contributed by atoms with Crippen LogP contribution < -0.4 is 5.32 Å². The van der Waals surface area contributed by atoms with Crippen LogP contribution in [0.1, 0.15) is 17.2 Å². The van der Waals surface area contributed by atoms with Gasteiger partial charge in [0, 0.05) is 5.02 Å².